The number of rotatable bonds is 8. The molecule has 2 aliphatic rings. The highest BCUT2D eigenvalue weighted by atomic mass is 35.5. The molecule has 0 aromatic heterocycles. The van der Waals surface area contributed by atoms with Gasteiger partial charge in [-0.25, -0.2) is 0 Å². The summed E-state index contributed by atoms with van der Waals surface area (Å²) >= 11 is 7.01. The van der Waals surface area contributed by atoms with Gasteiger partial charge in [-0.3, -0.25) is 9.59 Å². The Bertz CT molecular complexity index is 1660. The number of carbonyl (C=O) groups excluding carboxylic acids is 2. The second-order valence-corrected chi connectivity index (χ2v) is 11.8. The van der Waals surface area contributed by atoms with Gasteiger partial charge in [0, 0.05) is 31.1 Å². The van der Waals surface area contributed by atoms with Crippen LogP contribution in [0.2, 0.25) is 5.02 Å². The van der Waals surface area contributed by atoms with Crippen molar-refractivity contribution in [2.24, 2.45) is 11.8 Å². The number of nitrogens with zero attached hydrogens (tertiary/aromatic N) is 2. The quantitative estimate of drug-likeness (QED) is 0.200. The van der Waals surface area contributed by atoms with Crippen molar-refractivity contribution in [3.63, 3.8) is 0 Å². The SMILES string of the molecule is C=CC(=O)N1CC(CN2C(=O)C(CC(C)C)Oc3cc(-c4cc(Oc5ccccc5)cc5ccccc45)c(Cl)cc32)C1. The van der Waals surface area contributed by atoms with Crippen molar-refractivity contribution in [2.75, 3.05) is 24.5 Å². The van der Waals surface area contributed by atoms with Gasteiger partial charge in [0.25, 0.3) is 5.91 Å². The molecule has 42 heavy (non-hydrogen) atoms. The molecular weight excluding hydrogens is 548 g/mol. The Morgan fingerprint density at radius 3 is 2.50 bits per heavy atom. The Labute approximate surface area is 251 Å². The van der Waals surface area contributed by atoms with Crippen LogP contribution in [0, 0.1) is 11.8 Å². The number of fused-ring (bicyclic) bond motifs is 2. The molecule has 1 fully saturated rings. The second kappa shape index (κ2) is 11.5. The van der Waals surface area contributed by atoms with E-state index < -0.39 is 6.10 Å². The van der Waals surface area contributed by atoms with Crippen molar-refractivity contribution in [1.82, 2.24) is 4.90 Å². The molecule has 2 aliphatic heterocycles. The molecule has 0 aliphatic carbocycles. The highest BCUT2D eigenvalue weighted by Crippen LogP contribution is 2.45. The molecule has 0 bridgehead atoms. The molecule has 0 radical (unpaired) electrons. The summed E-state index contributed by atoms with van der Waals surface area (Å²) < 4.78 is 12.6. The number of ether oxygens (including phenoxy) is 2. The van der Waals surface area contributed by atoms with Crippen molar-refractivity contribution in [2.45, 2.75) is 26.4 Å². The fourth-order valence-corrected chi connectivity index (χ4v) is 6.02. The number of hydrogen-bond acceptors (Lipinski definition) is 4. The summed E-state index contributed by atoms with van der Waals surface area (Å²) in [5, 5.41) is 2.56. The maximum atomic E-state index is 13.7. The highest BCUT2D eigenvalue weighted by molar-refractivity contribution is 6.34. The summed E-state index contributed by atoms with van der Waals surface area (Å²) in [6, 6.07) is 25.6. The average molecular weight is 581 g/mol. The van der Waals surface area contributed by atoms with Crippen LogP contribution in [0.1, 0.15) is 20.3 Å². The van der Waals surface area contributed by atoms with Crippen molar-refractivity contribution in [3.05, 3.63) is 96.5 Å². The summed E-state index contributed by atoms with van der Waals surface area (Å²) in [6.07, 6.45) is 1.33. The minimum atomic E-state index is -0.595. The van der Waals surface area contributed by atoms with Crippen molar-refractivity contribution in [1.29, 1.82) is 0 Å². The number of likely N-dealkylation sites (tertiary alicyclic amines) is 1. The van der Waals surface area contributed by atoms with Crippen LogP contribution in [0.4, 0.5) is 5.69 Å². The number of amides is 2. The third kappa shape index (κ3) is 5.47. The molecule has 6 nitrogen and oxygen atoms in total. The number of para-hydroxylation sites is 1. The molecule has 2 heterocycles. The Hall–Kier alpha value is -4.29. The molecule has 0 N–H and O–H groups in total. The maximum absolute atomic E-state index is 13.7. The maximum Gasteiger partial charge on any atom is 0.268 e. The zero-order chi connectivity index (χ0) is 29.4. The van der Waals surface area contributed by atoms with E-state index in [1.165, 1.54) is 6.08 Å². The van der Waals surface area contributed by atoms with E-state index in [0.29, 0.717) is 48.3 Å². The smallest absolute Gasteiger partial charge is 0.268 e. The van der Waals surface area contributed by atoms with Crippen LogP contribution in [0.25, 0.3) is 21.9 Å². The van der Waals surface area contributed by atoms with Gasteiger partial charge in [-0.1, -0.05) is 74.5 Å². The molecule has 4 aromatic carbocycles. The molecule has 4 aromatic rings. The molecule has 214 valence electrons. The molecule has 7 heteroatoms. The first kappa shape index (κ1) is 27.9. The van der Waals surface area contributed by atoms with Crippen molar-refractivity contribution < 1.29 is 19.1 Å². The summed E-state index contributed by atoms with van der Waals surface area (Å²) in [6.45, 7) is 9.41. The van der Waals surface area contributed by atoms with Crippen molar-refractivity contribution >= 4 is 39.9 Å². The number of carbonyl (C=O) groups is 2. The summed E-state index contributed by atoms with van der Waals surface area (Å²) in [5.41, 5.74) is 2.37. The molecule has 1 atom stereocenters. The Balaban J connectivity index is 1.40. The number of benzene rings is 4. The van der Waals surface area contributed by atoms with Crippen LogP contribution >= 0.6 is 11.6 Å². The lowest BCUT2D eigenvalue weighted by Crippen LogP contribution is -2.56. The van der Waals surface area contributed by atoms with Crippen LogP contribution in [-0.4, -0.2) is 42.5 Å². The normalized spacial score (nSPS) is 16.7. The molecule has 1 saturated heterocycles. The van der Waals surface area contributed by atoms with Crippen LogP contribution in [0.3, 0.4) is 0 Å². The predicted octanol–water partition coefficient (Wildman–Crippen LogP) is 7.74. The Kier molecular flexibility index (Phi) is 7.65. The lowest BCUT2D eigenvalue weighted by atomic mass is 9.94. The van der Waals surface area contributed by atoms with Gasteiger partial charge < -0.3 is 19.3 Å². The van der Waals surface area contributed by atoms with E-state index in [1.807, 2.05) is 66.7 Å². The Morgan fingerprint density at radius 1 is 1.02 bits per heavy atom. The minimum Gasteiger partial charge on any atom is -0.478 e. The zero-order valence-electron chi connectivity index (χ0n) is 23.8. The van der Waals surface area contributed by atoms with E-state index in [-0.39, 0.29) is 23.7 Å². The zero-order valence-corrected chi connectivity index (χ0v) is 24.5. The topological polar surface area (TPSA) is 59.1 Å². The van der Waals surface area contributed by atoms with Crippen LogP contribution in [0.15, 0.2) is 91.5 Å². The number of halogens is 1. The highest BCUT2D eigenvalue weighted by Gasteiger charge is 2.39. The average Bonchev–Trinajstić information content (AvgIpc) is 2.96. The lowest BCUT2D eigenvalue weighted by Gasteiger charge is -2.43. The molecular formula is C35H33ClN2O4. The molecule has 1 unspecified atom stereocenters. The third-order valence-electron chi connectivity index (χ3n) is 7.82. The predicted molar refractivity (Wildman–Crippen MR) is 167 cm³/mol. The van der Waals surface area contributed by atoms with E-state index in [9.17, 15) is 9.59 Å². The minimum absolute atomic E-state index is 0.0720. The largest absolute Gasteiger partial charge is 0.478 e. The first-order valence-corrected chi connectivity index (χ1v) is 14.7. The van der Waals surface area contributed by atoms with Gasteiger partial charge in [0.05, 0.1) is 10.7 Å². The monoisotopic (exact) mass is 580 g/mol. The van der Waals surface area contributed by atoms with E-state index in [4.69, 9.17) is 21.1 Å². The second-order valence-electron chi connectivity index (χ2n) is 11.4. The summed E-state index contributed by atoms with van der Waals surface area (Å²) in [5.74, 6) is 2.34. The fraction of sp³-hybridized carbons (Fsp3) is 0.257. The van der Waals surface area contributed by atoms with Crippen LogP contribution in [-0.2, 0) is 9.59 Å². The summed E-state index contributed by atoms with van der Waals surface area (Å²) in [7, 11) is 0. The van der Waals surface area contributed by atoms with E-state index in [2.05, 4.69) is 32.6 Å². The molecule has 0 spiro atoms. The van der Waals surface area contributed by atoms with Crippen LogP contribution < -0.4 is 14.4 Å². The first-order chi connectivity index (χ1) is 20.3. The van der Waals surface area contributed by atoms with E-state index in [0.717, 1.165) is 27.6 Å². The van der Waals surface area contributed by atoms with E-state index in [1.54, 1.807) is 9.80 Å². The van der Waals surface area contributed by atoms with Crippen molar-refractivity contribution in [3.8, 4) is 28.4 Å². The Morgan fingerprint density at radius 2 is 1.76 bits per heavy atom. The van der Waals surface area contributed by atoms with Gasteiger partial charge >= 0.3 is 0 Å². The first-order valence-electron chi connectivity index (χ1n) is 14.3. The van der Waals surface area contributed by atoms with E-state index >= 15 is 0 Å². The third-order valence-corrected chi connectivity index (χ3v) is 8.14. The number of anilines is 1. The van der Waals surface area contributed by atoms with Gasteiger partial charge in [0.2, 0.25) is 5.91 Å². The lowest BCUT2D eigenvalue weighted by molar-refractivity contribution is -0.132. The molecule has 0 saturated carbocycles. The molecule has 2 amide bonds. The molecule has 6 rings (SSSR count). The van der Waals surface area contributed by atoms with Gasteiger partial charge in [-0.2, -0.15) is 0 Å². The van der Waals surface area contributed by atoms with Gasteiger partial charge in [-0.15, -0.1) is 0 Å². The number of hydrogen-bond donors (Lipinski definition) is 0. The van der Waals surface area contributed by atoms with Gasteiger partial charge in [0.15, 0.2) is 6.10 Å². The van der Waals surface area contributed by atoms with Gasteiger partial charge in [-0.05, 0) is 71.1 Å². The van der Waals surface area contributed by atoms with Gasteiger partial charge in [0.1, 0.15) is 17.2 Å². The van der Waals surface area contributed by atoms with Crippen LogP contribution in [0.5, 0.6) is 17.2 Å². The fourth-order valence-electron chi connectivity index (χ4n) is 5.76. The summed E-state index contributed by atoms with van der Waals surface area (Å²) in [4.78, 5) is 29.2. The standard InChI is InChI=1S/C35H33ClN2O4/c1-4-34(39)37-19-23(20-37)21-38-31-18-30(36)29(17-32(31)42-33(35(38)40)14-22(2)3)28-16-26(41-25-11-6-5-7-12-25)15-24-10-8-9-13-27(24)28/h4-13,15-18,22-23,33H,1,14,19-21H2,2-3H3.